The SMILES string of the molecule is N#Cc1cccc(CNC(=O)c2nonc2N)c1. The predicted molar refractivity (Wildman–Crippen MR) is 61.0 cm³/mol. The van der Waals surface area contributed by atoms with Crippen molar-refractivity contribution in [1.82, 2.24) is 15.6 Å². The molecule has 18 heavy (non-hydrogen) atoms. The van der Waals surface area contributed by atoms with Gasteiger partial charge < -0.3 is 11.1 Å². The van der Waals surface area contributed by atoms with Gasteiger partial charge in [-0.2, -0.15) is 5.26 Å². The molecule has 1 heterocycles. The lowest BCUT2D eigenvalue weighted by molar-refractivity contribution is 0.0941. The molecule has 0 bridgehead atoms. The van der Waals surface area contributed by atoms with Crippen molar-refractivity contribution in [2.45, 2.75) is 6.54 Å². The second kappa shape index (κ2) is 4.97. The first kappa shape index (κ1) is 11.6. The third-order valence-corrected chi connectivity index (χ3v) is 2.24. The minimum absolute atomic E-state index is 0.0496. The van der Waals surface area contributed by atoms with E-state index in [1.54, 1.807) is 24.3 Å². The number of carbonyl (C=O) groups is 1. The summed E-state index contributed by atoms with van der Waals surface area (Å²) in [6.45, 7) is 0.265. The van der Waals surface area contributed by atoms with Crippen molar-refractivity contribution in [3.8, 4) is 6.07 Å². The molecule has 0 saturated carbocycles. The van der Waals surface area contributed by atoms with Gasteiger partial charge in [0.15, 0.2) is 0 Å². The third-order valence-electron chi connectivity index (χ3n) is 2.24. The molecule has 0 aliphatic carbocycles. The molecule has 1 aromatic heterocycles. The van der Waals surface area contributed by atoms with Crippen LogP contribution in [-0.4, -0.2) is 16.2 Å². The zero-order valence-electron chi connectivity index (χ0n) is 9.25. The van der Waals surface area contributed by atoms with Gasteiger partial charge in [0, 0.05) is 6.54 Å². The van der Waals surface area contributed by atoms with Crippen LogP contribution < -0.4 is 11.1 Å². The minimum Gasteiger partial charge on any atom is -0.379 e. The van der Waals surface area contributed by atoms with E-state index >= 15 is 0 Å². The summed E-state index contributed by atoms with van der Waals surface area (Å²) in [5, 5.41) is 18.0. The van der Waals surface area contributed by atoms with Crippen LogP contribution in [0.15, 0.2) is 28.9 Å². The smallest absolute Gasteiger partial charge is 0.277 e. The molecule has 0 radical (unpaired) electrons. The number of aromatic nitrogens is 2. The average molecular weight is 243 g/mol. The fraction of sp³-hybridized carbons (Fsp3) is 0.0909. The number of hydrogen-bond acceptors (Lipinski definition) is 6. The lowest BCUT2D eigenvalue weighted by Crippen LogP contribution is -2.24. The number of carbonyl (C=O) groups excluding carboxylic acids is 1. The summed E-state index contributed by atoms with van der Waals surface area (Å²) in [6.07, 6.45) is 0. The Balaban J connectivity index is 2.02. The monoisotopic (exact) mass is 243 g/mol. The van der Waals surface area contributed by atoms with Gasteiger partial charge in [0.1, 0.15) is 0 Å². The number of nitrogens with zero attached hydrogens (tertiary/aromatic N) is 3. The van der Waals surface area contributed by atoms with E-state index in [-0.39, 0.29) is 18.1 Å². The zero-order valence-corrected chi connectivity index (χ0v) is 9.25. The summed E-state index contributed by atoms with van der Waals surface area (Å²) in [7, 11) is 0. The van der Waals surface area contributed by atoms with Crippen molar-refractivity contribution in [3.05, 3.63) is 41.1 Å². The maximum absolute atomic E-state index is 11.6. The molecule has 1 amide bonds. The van der Waals surface area contributed by atoms with Crippen LogP contribution in [0.1, 0.15) is 21.6 Å². The normalized spacial score (nSPS) is 9.72. The Morgan fingerprint density at radius 1 is 1.50 bits per heavy atom. The van der Waals surface area contributed by atoms with E-state index in [1.165, 1.54) is 0 Å². The van der Waals surface area contributed by atoms with Crippen molar-refractivity contribution in [3.63, 3.8) is 0 Å². The summed E-state index contributed by atoms with van der Waals surface area (Å²) < 4.78 is 4.33. The van der Waals surface area contributed by atoms with Crippen LogP contribution in [-0.2, 0) is 6.54 Å². The number of rotatable bonds is 3. The standard InChI is InChI=1S/C11H9N5O2/c12-5-7-2-1-3-8(4-7)6-14-11(17)9-10(13)16-18-15-9/h1-4H,6H2,(H2,13,16)(H,14,17). The molecule has 0 aliphatic heterocycles. The topological polar surface area (TPSA) is 118 Å². The van der Waals surface area contributed by atoms with E-state index in [2.05, 4.69) is 20.3 Å². The van der Waals surface area contributed by atoms with Gasteiger partial charge in [0.25, 0.3) is 5.91 Å². The quantitative estimate of drug-likeness (QED) is 0.808. The van der Waals surface area contributed by atoms with Gasteiger partial charge in [-0.1, -0.05) is 12.1 Å². The molecule has 2 aromatic rings. The molecule has 0 aliphatic rings. The number of nitrogen functional groups attached to an aromatic ring is 1. The number of nitriles is 1. The van der Waals surface area contributed by atoms with Crippen LogP contribution in [0.4, 0.5) is 5.82 Å². The molecule has 0 spiro atoms. The Kier molecular flexibility index (Phi) is 3.20. The van der Waals surface area contributed by atoms with Crippen LogP contribution >= 0.6 is 0 Å². The van der Waals surface area contributed by atoms with Gasteiger partial charge >= 0.3 is 0 Å². The maximum atomic E-state index is 11.6. The number of anilines is 1. The molecule has 7 heteroatoms. The second-order valence-corrected chi connectivity index (χ2v) is 3.49. The fourth-order valence-corrected chi connectivity index (χ4v) is 1.37. The Hall–Kier alpha value is -2.88. The molecule has 0 atom stereocenters. The van der Waals surface area contributed by atoms with Crippen LogP contribution in [0.5, 0.6) is 0 Å². The molecule has 0 saturated heterocycles. The minimum atomic E-state index is -0.476. The zero-order chi connectivity index (χ0) is 13.0. The Bertz CT molecular complexity index is 614. The van der Waals surface area contributed by atoms with E-state index in [9.17, 15) is 4.79 Å². The Morgan fingerprint density at radius 3 is 3.00 bits per heavy atom. The molecule has 0 unspecified atom stereocenters. The highest BCUT2D eigenvalue weighted by Crippen LogP contribution is 2.06. The largest absolute Gasteiger partial charge is 0.379 e. The highest BCUT2D eigenvalue weighted by molar-refractivity contribution is 5.95. The van der Waals surface area contributed by atoms with Crippen LogP contribution in [0.25, 0.3) is 0 Å². The maximum Gasteiger partial charge on any atom is 0.277 e. The number of nitrogens with two attached hydrogens (primary N) is 1. The van der Waals surface area contributed by atoms with Gasteiger partial charge in [0.2, 0.25) is 11.5 Å². The van der Waals surface area contributed by atoms with Gasteiger partial charge in [-0.3, -0.25) is 4.79 Å². The van der Waals surface area contributed by atoms with E-state index < -0.39 is 5.91 Å². The third kappa shape index (κ3) is 2.44. The number of nitrogens with one attached hydrogen (secondary N) is 1. The van der Waals surface area contributed by atoms with Crippen molar-refractivity contribution >= 4 is 11.7 Å². The number of benzene rings is 1. The van der Waals surface area contributed by atoms with Crippen molar-refractivity contribution < 1.29 is 9.42 Å². The average Bonchev–Trinajstić information content (AvgIpc) is 2.82. The van der Waals surface area contributed by atoms with Crippen molar-refractivity contribution in [2.75, 3.05) is 5.73 Å². The van der Waals surface area contributed by atoms with Gasteiger partial charge in [-0.25, -0.2) is 4.63 Å². The summed E-state index contributed by atoms with van der Waals surface area (Å²) >= 11 is 0. The molecule has 7 nitrogen and oxygen atoms in total. The number of amides is 1. The molecule has 3 N–H and O–H groups in total. The molecule has 90 valence electrons. The Morgan fingerprint density at radius 2 is 2.33 bits per heavy atom. The summed E-state index contributed by atoms with van der Waals surface area (Å²) in [4.78, 5) is 11.6. The van der Waals surface area contributed by atoms with Crippen LogP contribution in [0.2, 0.25) is 0 Å². The molecule has 1 aromatic carbocycles. The second-order valence-electron chi connectivity index (χ2n) is 3.49. The molecular weight excluding hydrogens is 234 g/mol. The predicted octanol–water partition coefficient (Wildman–Crippen LogP) is 0.453. The van der Waals surface area contributed by atoms with Gasteiger partial charge in [-0.05, 0) is 28.0 Å². The highest BCUT2D eigenvalue weighted by Gasteiger charge is 2.15. The van der Waals surface area contributed by atoms with Crippen LogP contribution in [0.3, 0.4) is 0 Å². The first-order valence-electron chi connectivity index (χ1n) is 5.06. The van der Waals surface area contributed by atoms with E-state index in [0.29, 0.717) is 5.56 Å². The molecule has 2 rings (SSSR count). The first-order chi connectivity index (χ1) is 8.70. The number of hydrogen-bond donors (Lipinski definition) is 2. The summed E-state index contributed by atoms with van der Waals surface area (Å²) in [5.41, 5.74) is 6.67. The van der Waals surface area contributed by atoms with E-state index in [1.807, 2.05) is 6.07 Å². The lowest BCUT2D eigenvalue weighted by atomic mass is 10.1. The van der Waals surface area contributed by atoms with Gasteiger partial charge in [0.05, 0.1) is 11.6 Å². The first-order valence-corrected chi connectivity index (χ1v) is 5.06. The van der Waals surface area contributed by atoms with Crippen molar-refractivity contribution in [1.29, 1.82) is 5.26 Å². The van der Waals surface area contributed by atoms with E-state index in [4.69, 9.17) is 11.0 Å². The fourth-order valence-electron chi connectivity index (χ4n) is 1.37. The Labute approximate surface area is 102 Å². The summed E-state index contributed by atoms with van der Waals surface area (Å²) in [6, 6.07) is 8.93. The van der Waals surface area contributed by atoms with Crippen molar-refractivity contribution in [2.24, 2.45) is 0 Å². The van der Waals surface area contributed by atoms with Crippen LogP contribution in [0, 0.1) is 11.3 Å². The van der Waals surface area contributed by atoms with E-state index in [0.717, 1.165) is 5.56 Å². The lowest BCUT2D eigenvalue weighted by Gasteiger charge is -2.03. The summed E-state index contributed by atoms with van der Waals surface area (Å²) in [5.74, 6) is -0.533. The van der Waals surface area contributed by atoms with Gasteiger partial charge in [-0.15, -0.1) is 0 Å². The molecular formula is C11H9N5O2. The highest BCUT2D eigenvalue weighted by atomic mass is 16.6. The molecule has 0 fully saturated rings.